The summed E-state index contributed by atoms with van der Waals surface area (Å²) >= 11 is 1.19. The van der Waals surface area contributed by atoms with E-state index < -0.39 is 11.7 Å². The van der Waals surface area contributed by atoms with Crippen LogP contribution in [0.5, 0.6) is 0 Å². The summed E-state index contributed by atoms with van der Waals surface area (Å²) in [5, 5.41) is 2.62. The van der Waals surface area contributed by atoms with Crippen molar-refractivity contribution < 1.29 is 14.0 Å². The Morgan fingerprint density at radius 2 is 1.90 bits per heavy atom. The lowest BCUT2D eigenvalue weighted by Gasteiger charge is -2.09. The van der Waals surface area contributed by atoms with Gasteiger partial charge in [0.1, 0.15) is 5.82 Å². The maximum absolute atomic E-state index is 13.1. The fraction of sp³-hybridized carbons (Fsp3) is 0.0667. The summed E-state index contributed by atoms with van der Waals surface area (Å²) in [7, 11) is 0. The van der Waals surface area contributed by atoms with Gasteiger partial charge in [0, 0.05) is 10.6 Å². The first-order valence-corrected chi connectivity index (χ1v) is 7.12. The Morgan fingerprint density at radius 3 is 2.62 bits per heavy atom. The van der Waals surface area contributed by atoms with Crippen molar-refractivity contribution in [2.24, 2.45) is 5.73 Å². The molecule has 6 heteroatoms. The van der Waals surface area contributed by atoms with Crippen LogP contribution in [0.2, 0.25) is 0 Å². The number of hydrogen-bond donors (Lipinski definition) is 2. The van der Waals surface area contributed by atoms with Crippen LogP contribution >= 0.6 is 11.8 Å². The zero-order valence-electron chi connectivity index (χ0n) is 11.0. The van der Waals surface area contributed by atoms with Gasteiger partial charge < -0.3 is 11.1 Å². The molecule has 108 valence electrons. The number of benzene rings is 2. The van der Waals surface area contributed by atoms with Gasteiger partial charge in [-0.1, -0.05) is 18.2 Å². The zero-order valence-corrected chi connectivity index (χ0v) is 11.8. The lowest BCUT2D eigenvalue weighted by atomic mass is 10.2. The molecule has 2 aromatic rings. The summed E-state index contributed by atoms with van der Waals surface area (Å²) in [6.07, 6.45) is 0. The van der Waals surface area contributed by atoms with Gasteiger partial charge >= 0.3 is 0 Å². The lowest BCUT2D eigenvalue weighted by molar-refractivity contribution is -0.115. The maximum atomic E-state index is 13.1. The Bertz CT molecular complexity index is 676. The molecule has 2 amide bonds. The van der Waals surface area contributed by atoms with Gasteiger partial charge in [0.25, 0.3) is 5.91 Å². The molecule has 4 nitrogen and oxygen atoms in total. The number of thioether (sulfide) groups is 1. The quantitative estimate of drug-likeness (QED) is 0.834. The highest BCUT2D eigenvalue weighted by Crippen LogP contribution is 2.23. The molecule has 0 spiro atoms. The minimum atomic E-state index is -0.458. The summed E-state index contributed by atoms with van der Waals surface area (Å²) in [5.41, 5.74) is 5.88. The van der Waals surface area contributed by atoms with Crippen LogP contribution in [-0.2, 0) is 4.79 Å². The summed E-state index contributed by atoms with van der Waals surface area (Å²) in [6, 6.07) is 12.5. The topological polar surface area (TPSA) is 72.2 Å². The van der Waals surface area contributed by atoms with Crippen LogP contribution in [0, 0.1) is 5.82 Å². The van der Waals surface area contributed by atoms with Crippen LogP contribution in [0.15, 0.2) is 53.4 Å². The van der Waals surface area contributed by atoms with E-state index in [1.807, 2.05) is 0 Å². The number of halogens is 1. The number of primary amides is 1. The minimum Gasteiger partial charge on any atom is -0.369 e. The van der Waals surface area contributed by atoms with Crippen LogP contribution in [0.25, 0.3) is 0 Å². The van der Waals surface area contributed by atoms with E-state index in [4.69, 9.17) is 5.73 Å². The Morgan fingerprint density at radius 1 is 1.14 bits per heavy atom. The lowest BCUT2D eigenvalue weighted by Crippen LogP contribution is -2.15. The van der Waals surface area contributed by atoms with Gasteiger partial charge in [-0.3, -0.25) is 9.59 Å². The van der Waals surface area contributed by atoms with Crippen LogP contribution in [0.1, 0.15) is 10.4 Å². The highest BCUT2D eigenvalue weighted by molar-refractivity contribution is 8.00. The van der Waals surface area contributed by atoms with Crippen molar-refractivity contribution in [3.8, 4) is 0 Å². The summed E-state index contributed by atoms with van der Waals surface area (Å²) in [6.45, 7) is 0. The number of amides is 2. The highest BCUT2D eigenvalue weighted by atomic mass is 32.2. The number of rotatable bonds is 5. The van der Waals surface area contributed by atoms with Crippen molar-refractivity contribution >= 4 is 29.3 Å². The molecule has 0 unspecified atom stereocenters. The Balaban J connectivity index is 2.17. The van der Waals surface area contributed by atoms with Crippen LogP contribution in [-0.4, -0.2) is 17.6 Å². The molecule has 21 heavy (non-hydrogen) atoms. The van der Waals surface area contributed by atoms with Gasteiger partial charge in [-0.25, -0.2) is 4.39 Å². The number of carbonyl (C=O) groups is 2. The predicted molar refractivity (Wildman–Crippen MR) is 80.7 cm³/mol. The largest absolute Gasteiger partial charge is 0.369 e. The van der Waals surface area contributed by atoms with E-state index in [1.165, 1.54) is 30.0 Å². The first-order chi connectivity index (χ1) is 10.1. The van der Waals surface area contributed by atoms with Gasteiger partial charge in [-0.05, 0) is 30.3 Å². The van der Waals surface area contributed by atoms with Crippen molar-refractivity contribution in [1.82, 2.24) is 0 Å². The summed E-state index contributed by atoms with van der Waals surface area (Å²) in [5.74, 6) is -1.16. The molecule has 0 aliphatic heterocycles. The SMILES string of the molecule is NC(=O)CSc1ccccc1C(=O)Nc1cccc(F)c1. The van der Waals surface area contributed by atoms with Crippen molar-refractivity contribution in [2.75, 3.05) is 11.1 Å². The molecule has 3 N–H and O–H groups in total. The first kappa shape index (κ1) is 15.1. The number of nitrogens with two attached hydrogens (primary N) is 1. The van der Waals surface area contributed by atoms with Gasteiger partial charge in [-0.2, -0.15) is 0 Å². The predicted octanol–water partition coefficient (Wildman–Crippen LogP) is 2.66. The van der Waals surface area contributed by atoms with E-state index in [2.05, 4.69) is 5.32 Å². The molecular formula is C15H13FN2O2S. The van der Waals surface area contributed by atoms with Crippen molar-refractivity contribution in [2.45, 2.75) is 4.90 Å². The smallest absolute Gasteiger partial charge is 0.256 e. The molecule has 2 rings (SSSR count). The molecule has 0 aromatic heterocycles. The van der Waals surface area contributed by atoms with E-state index in [0.29, 0.717) is 16.1 Å². The minimum absolute atomic E-state index is 0.0876. The molecular weight excluding hydrogens is 291 g/mol. The van der Waals surface area contributed by atoms with Crippen LogP contribution < -0.4 is 11.1 Å². The molecule has 0 atom stereocenters. The zero-order chi connectivity index (χ0) is 15.2. The molecule has 0 aliphatic rings. The molecule has 0 saturated carbocycles. The van der Waals surface area contributed by atoms with Crippen LogP contribution in [0.4, 0.5) is 10.1 Å². The number of hydrogen-bond acceptors (Lipinski definition) is 3. The third-order valence-corrected chi connectivity index (χ3v) is 3.68. The second kappa shape index (κ2) is 6.90. The average Bonchev–Trinajstić information content (AvgIpc) is 2.45. The molecule has 0 aliphatic carbocycles. The Hall–Kier alpha value is -2.34. The molecule has 0 saturated heterocycles. The van der Waals surface area contributed by atoms with E-state index in [9.17, 15) is 14.0 Å². The average molecular weight is 304 g/mol. The third kappa shape index (κ3) is 4.32. The highest BCUT2D eigenvalue weighted by Gasteiger charge is 2.12. The maximum Gasteiger partial charge on any atom is 0.256 e. The number of anilines is 1. The molecule has 0 heterocycles. The standard InChI is InChI=1S/C15H13FN2O2S/c16-10-4-3-5-11(8-10)18-15(20)12-6-1-2-7-13(12)21-9-14(17)19/h1-8H,9H2,(H2,17,19)(H,18,20). The van der Waals surface area contributed by atoms with Gasteiger partial charge in [0.2, 0.25) is 5.91 Å². The second-order valence-corrected chi connectivity index (χ2v) is 5.23. The molecule has 2 aromatic carbocycles. The first-order valence-electron chi connectivity index (χ1n) is 6.13. The van der Waals surface area contributed by atoms with E-state index in [0.717, 1.165) is 0 Å². The Labute approximate surface area is 125 Å². The normalized spacial score (nSPS) is 10.1. The second-order valence-electron chi connectivity index (χ2n) is 4.22. The van der Waals surface area contributed by atoms with Crippen molar-refractivity contribution in [3.63, 3.8) is 0 Å². The van der Waals surface area contributed by atoms with Crippen LogP contribution in [0.3, 0.4) is 0 Å². The molecule has 0 bridgehead atoms. The molecule has 0 radical (unpaired) electrons. The third-order valence-electron chi connectivity index (χ3n) is 2.58. The fourth-order valence-corrected chi connectivity index (χ4v) is 2.48. The number of carbonyl (C=O) groups excluding carboxylic acids is 2. The van der Waals surface area contributed by atoms with Gasteiger partial charge in [0.05, 0.1) is 11.3 Å². The Kier molecular flexibility index (Phi) is 4.94. The van der Waals surface area contributed by atoms with Crippen molar-refractivity contribution in [3.05, 3.63) is 59.9 Å². The summed E-state index contributed by atoms with van der Waals surface area (Å²) in [4.78, 5) is 23.7. The number of nitrogens with one attached hydrogen (secondary N) is 1. The van der Waals surface area contributed by atoms with Gasteiger partial charge in [-0.15, -0.1) is 11.8 Å². The summed E-state index contributed by atoms with van der Waals surface area (Å²) < 4.78 is 13.1. The van der Waals surface area contributed by atoms with Gasteiger partial charge in [0.15, 0.2) is 0 Å². The fourth-order valence-electron chi connectivity index (χ4n) is 1.69. The van der Waals surface area contributed by atoms with Crippen molar-refractivity contribution in [1.29, 1.82) is 0 Å². The van der Waals surface area contributed by atoms with E-state index >= 15 is 0 Å². The van der Waals surface area contributed by atoms with E-state index in [-0.39, 0.29) is 11.7 Å². The monoisotopic (exact) mass is 304 g/mol. The molecule has 0 fully saturated rings. The van der Waals surface area contributed by atoms with E-state index in [1.54, 1.807) is 30.3 Å².